The molecule has 0 aliphatic heterocycles. The Kier molecular flexibility index (Phi) is 13.7. The number of hydrogen-bond donors (Lipinski definition) is 4. The molecule has 0 spiro atoms. The second-order valence-electron chi connectivity index (χ2n) is 11.8. The lowest BCUT2D eigenvalue weighted by molar-refractivity contribution is -0.145. The molecule has 3 aromatic carbocycles. The summed E-state index contributed by atoms with van der Waals surface area (Å²) in [6.45, 7) is 6.67. The van der Waals surface area contributed by atoms with Crippen LogP contribution in [0.1, 0.15) is 44.4 Å². The van der Waals surface area contributed by atoms with Gasteiger partial charge in [0.15, 0.2) is 6.04 Å². The number of carboxylic acids is 1. The molecule has 0 aliphatic carbocycles. The Morgan fingerprint density at radius 1 is 0.696 bits per heavy atom. The zero-order chi connectivity index (χ0) is 33.5. The zero-order valence-corrected chi connectivity index (χ0v) is 26.6. The van der Waals surface area contributed by atoms with E-state index in [1.165, 1.54) is 0 Å². The molecule has 0 radical (unpaired) electrons. The normalized spacial score (nSPS) is 13.8. The Morgan fingerprint density at radius 2 is 1.22 bits per heavy atom. The number of carbonyl (C=O) groups is 4. The molecule has 1 unspecified atom stereocenters. The van der Waals surface area contributed by atoms with Crippen LogP contribution in [0.2, 0.25) is 0 Å². The van der Waals surface area contributed by atoms with Crippen LogP contribution in [0, 0.1) is 0 Å². The maximum Gasteiger partial charge on any atom is 0.408 e. The van der Waals surface area contributed by atoms with Gasteiger partial charge in [0.1, 0.15) is 17.7 Å². The SMILES string of the molecule is CC(OCc1ccccc1)[C@H](NC(=O)[C@H](Cc1ccccc1)NC(=O)OC(C)(C)C)C(=O)N[C@@H](COCc1ccccc1)C(=O)O. The van der Waals surface area contributed by atoms with Gasteiger partial charge in [-0.3, -0.25) is 9.59 Å². The van der Waals surface area contributed by atoms with Gasteiger partial charge in [-0.25, -0.2) is 9.59 Å². The van der Waals surface area contributed by atoms with Crippen LogP contribution in [-0.2, 0) is 48.2 Å². The highest BCUT2D eigenvalue weighted by atomic mass is 16.6. The van der Waals surface area contributed by atoms with Crippen molar-refractivity contribution >= 4 is 23.9 Å². The number of carbonyl (C=O) groups excluding carboxylic acids is 3. The monoisotopic (exact) mass is 633 g/mol. The van der Waals surface area contributed by atoms with Crippen molar-refractivity contribution in [1.29, 1.82) is 0 Å². The van der Waals surface area contributed by atoms with E-state index in [9.17, 15) is 24.3 Å². The van der Waals surface area contributed by atoms with Crippen LogP contribution >= 0.6 is 0 Å². The Bertz CT molecular complexity index is 1400. The van der Waals surface area contributed by atoms with Crippen molar-refractivity contribution in [2.24, 2.45) is 0 Å². The molecule has 0 heterocycles. The number of amides is 3. The van der Waals surface area contributed by atoms with Crippen molar-refractivity contribution in [3.05, 3.63) is 108 Å². The van der Waals surface area contributed by atoms with Gasteiger partial charge in [-0.05, 0) is 44.4 Å². The average Bonchev–Trinajstić information content (AvgIpc) is 3.02. The summed E-state index contributed by atoms with van der Waals surface area (Å²) in [5.41, 5.74) is 1.63. The summed E-state index contributed by atoms with van der Waals surface area (Å²) < 4.78 is 16.9. The number of hydrogen-bond acceptors (Lipinski definition) is 7. The van der Waals surface area contributed by atoms with E-state index in [1.807, 2.05) is 66.7 Å². The molecule has 3 aromatic rings. The lowest BCUT2D eigenvalue weighted by atomic mass is 10.0. The van der Waals surface area contributed by atoms with Gasteiger partial charge in [0.05, 0.1) is 25.9 Å². The first-order valence-electron chi connectivity index (χ1n) is 15.1. The van der Waals surface area contributed by atoms with E-state index in [1.54, 1.807) is 52.0 Å². The molecule has 0 fully saturated rings. The third kappa shape index (κ3) is 12.7. The third-order valence-electron chi connectivity index (χ3n) is 6.71. The summed E-state index contributed by atoms with van der Waals surface area (Å²) >= 11 is 0. The first kappa shape index (κ1) is 35.7. The Morgan fingerprint density at radius 3 is 1.74 bits per heavy atom. The van der Waals surface area contributed by atoms with Crippen molar-refractivity contribution in [2.75, 3.05) is 6.61 Å². The molecular formula is C35H43N3O8. The molecule has 0 saturated heterocycles. The van der Waals surface area contributed by atoms with E-state index in [4.69, 9.17) is 14.2 Å². The molecule has 0 aromatic heterocycles. The number of rotatable bonds is 16. The lowest BCUT2D eigenvalue weighted by Gasteiger charge is -2.29. The molecule has 11 heteroatoms. The first-order chi connectivity index (χ1) is 21.9. The second-order valence-corrected chi connectivity index (χ2v) is 11.8. The van der Waals surface area contributed by atoms with Crippen LogP contribution in [0.4, 0.5) is 4.79 Å². The molecule has 4 atom stereocenters. The van der Waals surface area contributed by atoms with Crippen molar-refractivity contribution < 1.29 is 38.5 Å². The van der Waals surface area contributed by atoms with E-state index in [2.05, 4.69) is 16.0 Å². The summed E-state index contributed by atoms with van der Waals surface area (Å²) in [4.78, 5) is 52.1. The highest BCUT2D eigenvalue weighted by molar-refractivity contribution is 5.93. The number of nitrogens with one attached hydrogen (secondary N) is 3. The van der Waals surface area contributed by atoms with E-state index in [-0.39, 0.29) is 26.2 Å². The summed E-state index contributed by atoms with van der Waals surface area (Å²) in [5.74, 6) is -2.78. The minimum atomic E-state index is -1.41. The van der Waals surface area contributed by atoms with Crippen molar-refractivity contribution in [3.8, 4) is 0 Å². The van der Waals surface area contributed by atoms with E-state index < -0.39 is 53.7 Å². The maximum absolute atomic E-state index is 13.7. The Labute approximate surface area is 269 Å². The summed E-state index contributed by atoms with van der Waals surface area (Å²) in [7, 11) is 0. The highest BCUT2D eigenvalue weighted by Crippen LogP contribution is 2.11. The van der Waals surface area contributed by atoms with Crippen LogP contribution < -0.4 is 16.0 Å². The second kappa shape index (κ2) is 17.7. The Hall–Kier alpha value is -4.74. The highest BCUT2D eigenvalue weighted by Gasteiger charge is 2.34. The number of aliphatic carboxylic acids is 1. The zero-order valence-electron chi connectivity index (χ0n) is 26.6. The van der Waals surface area contributed by atoms with Crippen molar-refractivity contribution in [1.82, 2.24) is 16.0 Å². The molecule has 0 bridgehead atoms. The smallest absolute Gasteiger partial charge is 0.408 e. The molecule has 0 aliphatic rings. The van der Waals surface area contributed by atoms with Gasteiger partial charge >= 0.3 is 12.1 Å². The predicted octanol–water partition coefficient (Wildman–Crippen LogP) is 4.00. The summed E-state index contributed by atoms with van der Waals surface area (Å²) in [6, 6.07) is 23.6. The standard InChI is InChI=1S/C35H43N3O8/c1-24(45-22-27-18-12-7-13-19-27)30(32(40)36-29(33(41)42)23-44-21-26-16-10-6-11-17-26)38-31(39)28(20-25-14-8-5-9-15-25)37-34(43)46-35(2,3)4/h5-19,24,28-30H,20-23H2,1-4H3,(H,36,40)(H,37,43)(H,38,39)(H,41,42)/t24?,28-,29-,30-/m0/s1. The van der Waals surface area contributed by atoms with Crippen LogP contribution in [-0.4, -0.2) is 65.4 Å². The Balaban J connectivity index is 1.79. The minimum absolute atomic E-state index is 0.102. The fraction of sp³-hybridized carbons (Fsp3) is 0.371. The first-order valence-corrected chi connectivity index (χ1v) is 15.1. The van der Waals surface area contributed by atoms with Crippen LogP contribution in [0.25, 0.3) is 0 Å². The summed E-state index contributed by atoms with van der Waals surface area (Å²) in [6.07, 6.45) is -1.60. The van der Waals surface area contributed by atoms with Gasteiger partial charge in [-0.1, -0.05) is 91.0 Å². The van der Waals surface area contributed by atoms with Crippen LogP contribution in [0.3, 0.4) is 0 Å². The number of carboxylic acid groups (broad SMARTS) is 1. The quantitative estimate of drug-likeness (QED) is 0.185. The summed E-state index contributed by atoms with van der Waals surface area (Å²) in [5, 5.41) is 17.6. The minimum Gasteiger partial charge on any atom is -0.480 e. The fourth-order valence-corrected chi connectivity index (χ4v) is 4.36. The number of alkyl carbamates (subject to hydrolysis) is 1. The molecule has 4 N–H and O–H groups in total. The van der Waals surface area contributed by atoms with Gasteiger partial charge in [0, 0.05) is 6.42 Å². The molecule has 11 nitrogen and oxygen atoms in total. The molecule has 46 heavy (non-hydrogen) atoms. The van der Waals surface area contributed by atoms with E-state index >= 15 is 0 Å². The average molecular weight is 634 g/mol. The number of benzene rings is 3. The van der Waals surface area contributed by atoms with Gasteiger partial charge in [0.25, 0.3) is 0 Å². The predicted molar refractivity (Wildman–Crippen MR) is 172 cm³/mol. The largest absolute Gasteiger partial charge is 0.480 e. The molecular weight excluding hydrogens is 590 g/mol. The molecule has 0 saturated carbocycles. The molecule has 246 valence electrons. The van der Waals surface area contributed by atoms with Gasteiger partial charge in [-0.15, -0.1) is 0 Å². The maximum atomic E-state index is 13.7. The topological polar surface area (TPSA) is 152 Å². The van der Waals surface area contributed by atoms with Gasteiger partial charge in [-0.2, -0.15) is 0 Å². The molecule has 3 amide bonds. The third-order valence-corrected chi connectivity index (χ3v) is 6.71. The van der Waals surface area contributed by atoms with Gasteiger partial charge < -0.3 is 35.3 Å². The van der Waals surface area contributed by atoms with Crippen LogP contribution in [0.5, 0.6) is 0 Å². The molecule has 3 rings (SSSR count). The lowest BCUT2D eigenvalue weighted by Crippen LogP contribution is -2.60. The van der Waals surface area contributed by atoms with E-state index in [0.29, 0.717) is 0 Å². The van der Waals surface area contributed by atoms with Gasteiger partial charge in [0.2, 0.25) is 11.8 Å². The van der Waals surface area contributed by atoms with Crippen molar-refractivity contribution in [2.45, 2.75) is 77.2 Å². The fourth-order valence-electron chi connectivity index (χ4n) is 4.36. The van der Waals surface area contributed by atoms with Crippen molar-refractivity contribution in [3.63, 3.8) is 0 Å². The van der Waals surface area contributed by atoms with Crippen LogP contribution in [0.15, 0.2) is 91.0 Å². The number of ether oxygens (including phenoxy) is 3. The van der Waals surface area contributed by atoms with E-state index in [0.717, 1.165) is 16.7 Å².